The van der Waals surface area contributed by atoms with E-state index in [0.29, 0.717) is 21.3 Å². The standard InChI is InChI=1S/C20H16Cl2N4O2/c21-17-4-1-3-14(20(17)22)5-10-18(27)23-13-19(28)25-15-6-8-16(9-7-15)26-12-2-11-24-26/h1-12H,13H2,(H,23,27)(H,25,28)/b10-5+. The fourth-order valence-corrected chi connectivity index (χ4v) is 2.74. The van der Waals surface area contributed by atoms with Crippen molar-refractivity contribution in [3.63, 3.8) is 0 Å². The number of benzene rings is 2. The molecule has 3 rings (SSSR count). The molecular formula is C20H16Cl2N4O2. The smallest absolute Gasteiger partial charge is 0.244 e. The molecule has 0 unspecified atom stereocenters. The maximum Gasteiger partial charge on any atom is 0.244 e. The van der Waals surface area contributed by atoms with Crippen LogP contribution in [0.15, 0.2) is 67.0 Å². The molecule has 0 fully saturated rings. The fourth-order valence-electron chi connectivity index (χ4n) is 2.37. The van der Waals surface area contributed by atoms with E-state index in [4.69, 9.17) is 23.2 Å². The van der Waals surface area contributed by atoms with Gasteiger partial charge in [-0.25, -0.2) is 4.68 Å². The van der Waals surface area contributed by atoms with Gasteiger partial charge in [0.05, 0.1) is 22.3 Å². The van der Waals surface area contributed by atoms with Gasteiger partial charge in [-0.1, -0.05) is 35.3 Å². The summed E-state index contributed by atoms with van der Waals surface area (Å²) in [5.41, 5.74) is 2.11. The average molecular weight is 415 g/mol. The van der Waals surface area contributed by atoms with Gasteiger partial charge in [0.2, 0.25) is 11.8 Å². The summed E-state index contributed by atoms with van der Waals surface area (Å²) in [6, 6.07) is 14.1. The van der Waals surface area contributed by atoms with Crippen molar-refractivity contribution < 1.29 is 9.59 Å². The summed E-state index contributed by atoms with van der Waals surface area (Å²) < 4.78 is 1.71. The van der Waals surface area contributed by atoms with Gasteiger partial charge in [0, 0.05) is 24.2 Å². The van der Waals surface area contributed by atoms with Gasteiger partial charge >= 0.3 is 0 Å². The molecule has 0 aliphatic heterocycles. The Morgan fingerprint density at radius 2 is 1.86 bits per heavy atom. The Morgan fingerprint density at radius 3 is 2.57 bits per heavy atom. The molecule has 0 saturated carbocycles. The van der Waals surface area contributed by atoms with Crippen molar-refractivity contribution in [1.29, 1.82) is 0 Å². The van der Waals surface area contributed by atoms with E-state index in [-0.39, 0.29) is 12.5 Å². The second-order valence-corrected chi connectivity index (χ2v) is 6.53. The van der Waals surface area contributed by atoms with Crippen LogP contribution in [0.5, 0.6) is 0 Å². The Labute approximate surface area is 171 Å². The summed E-state index contributed by atoms with van der Waals surface area (Å²) in [5.74, 6) is -0.755. The molecule has 1 heterocycles. The Balaban J connectivity index is 1.49. The first-order chi connectivity index (χ1) is 13.5. The van der Waals surface area contributed by atoms with Gasteiger partial charge in [-0.05, 0) is 48.0 Å². The lowest BCUT2D eigenvalue weighted by molar-refractivity contribution is -0.121. The van der Waals surface area contributed by atoms with Gasteiger partial charge in [-0.15, -0.1) is 0 Å². The van der Waals surface area contributed by atoms with Crippen LogP contribution < -0.4 is 10.6 Å². The molecule has 0 spiro atoms. The predicted octanol–water partition coefficient (Wildman–Crippen LogP) is 3.95. The van der Waals surface area contributed by atoms with Crippen LogP contribution >= 0.6 is 23.2 Å². The van der Waals surface area contributed by atoms with Crippen LogP contribution in [0.25, 0.3) is 11.8 Å². The van der Waals surface area contributed by atoms with Gasteiger partial charge in [0.15, 0.2) is 0 Å². The minimum atomic E-state index is -0.416. The van der Waals surface area contributed by atoms with Crippen molar-refractivity contribution in [3.8, 4) is 5.69 Å². The van der Waals surface area contributed by atoms with Gasteiger partial charge in [0.1, 0.15) is 0 Å². The Kier molecular flexibility index (Phi) is 6.47. The maximum absolute atomic E-state index is 12.0. The molecule has 142 valence electrons. The summed E-state index contributed by atoms with van der Waals surface area (Å²) in [5, 5.41) is 10.1. The third-order valence-electron chi connectivity index (χ3n) is 3.74. The van der Waals surface area contributed by atoms with Crippen molar-refractivity contribution in [2.45, 2.75) is 0 Å². The number of amides is 2. The quantitative estimate of drug-likeness (QED) is 0.599. The maximum atomic E-state index is 12.0. The number of aromatic nitrogens is 2. The van der Waals surface area contributed by atoms with Crippen LogP contribution in [0.3, 0.4) is 0 Å². The van der Waals surface area contributed by atoms with E-state index in [2.05, 4.69) is 15.7 Å². The number of carbonyl (C=O) groups excluding carboxylic acids is 2. The van der Waals surface area contributed by atoms with E-state index < -0.39 is 5.91 Å². The molecule has 3 aromatic rings. The topological polar surface area (TPSA) is 76.0 Å². The molecule has 28 heavy (non-hydrogen) atoms. The van der Waals surface area contributed by atoms with Gasteiger partial charge < -0.3 is 10.6 Å². The minimum absolute atomic E-state index is 0.159. The zero-order chi connectivity index (χ0) is 19.9. The molecule has 0 atom stereocenters. The number of halogens is 2. The summed E-state index contributed by atoms with van der Waals surface area (Å²) in [7, 11) is 0. The second kappa shape index (κ2) is 9.21. The number of hydrogen-bond donors (Lipinski definition) is 2. The molecule has 0 saturated heterocycles. The fraction of sp³-hybridized carbons (Fsp3) is 0.0500. The monoisotopic (exact) mass is 414 g/mol. The first kappa shape index (κ1) is 19.7. The highest BCUT2D eigenvalue weighted by atomic mass is 35.5. The highest BCUT2D eigenvalue weighted by molar-refractivity contribution is 6.42. The van der Waals surface area contributed by atoms with Gasteiger partial charge in [-0.2, -0.15) is 5.10 Å². The molecule has 0 aliphatic carbocycles. The number of nitrogens with zero attached hydrogens (tertiary/aromatic N) is 2. The Hall–Kier alpha value is -3.09. The van der Waals surface area contributed by atoms with E-state index >= 15 is 0 Å². The number of rotatable bonds is 6. The lowest BCUT2D eigenvalue weighted by atomic mass is 10.2. The zero-order valence-corrected chi connectivity index (χ0v) is 16.1. The van der Waals surface area contributed by atoms with Crippen LogP contribution in [0, 0.1) is 0 Å². The Morgan fingerprint density at radius 1 is 1.07 bits per heavy atom. The normalized spacial score (nSPS) is 10.8. The molecular weight excluding hydrogens is 399 g/mol. The molecule has 0 radical (unpaired) electrons. The third-order valence-corrected chi connectivity index (χ3v) is 4.57. The van der Waals surface area contributed by atoms with Crippen LogP contribution in [-0.2, 0) is 9.59 Å². The average Bonchev–Trinajstić information content (AvgIpc) is 3.23. The largest absolute Gasteiger partial charge is 0.343 e. The molecule has 1 aromatic heterocycles. The predicted molar refractivity (Wildman–Crippen MR) is 111 cm³/mol. The molecule has 2 N–H and O–H groups in total. The molecule has 2 aromatic carbocycles. The molecule has 6 nitrogen and oxygen atoms in total. The van der Waals surface area contributed by atoms with Crippen LogP contribution in [-0.4, -0.2) is 28.1 Å². The van der Waals surface area contributed by atoms with Gasteiger partial charge in [-0.3, -0.25) is 9.59 Å². The highest BCUT2D eigenvalue weighted by Crippen LogP contribution is 2.26. The third kappa shape index (κ3) is 5.22. The van der Waals surface area contributed by atoms with E-state index in [1.165, 1.54) is 12.2 Å². The summed E-state index contributed by atoms with van der Waals surface area (Å²) in [6.45, 7) is -0.159. The molecule has 0 bridgehead atoms. The molecule has 0 aliphatic rings. The number of anilines is 1. The number of hydrogen-bond acceptors (Lipinski definition) is 3. The van der Waals surface area contributed by atoms with Crippen molar-refractivity contribution in [1.82, 2.24) is 15.1 Å². The number of nitrogens with one attached hydrogen (secondary N) is 2. The van der Waals surface area contributed by atoms with Gasteiger partial charge in [0.25, 0.3) is 0 Å². The van der Waals surface area contributed by atoms with Crippen molar-refractivity contribution in [2.75, 3.05) is 11.9 Å². The van der Waals surface area contributed by atoms with Crippen molar-refractivity contribution >= 4 is 46.8 Å². The van der Waals surface area contributed by atoms with Crippen LogP contribution in [0.2, 0.25) is 10.0 Å². The molecule has 2 amide bonds. The van der Waals surface area contributed by atoms with Crippen molar-refractivity contribution in [2.24, 2.45) is 0 Å². The zero-order valence-electron chi connectivity index (χ0n) is 14.6. The van der Waals surface area contributed by atoms with Crippen molar-refractivity contribution in [3.05, 3.63) is 82.6 Å². The number of carbonyl (C=O) groups is 2. The lowest BCUT2D eigenvalue weighted by Gasteiger charge is -2.07. The first-order valence-electron chi connectivity index (χ1n) is 8.33. The van der Waals surface area contributed by atoms with E-state index in [0.717, 1.165) is 5.69 Å². The summed E-state index contributed by atoms with van der Waals surface area (Å²) >= 11 is 12.0. The highest BCUT2D eigenvalue weighted by Gasteiger charge is 2.06. The second-order valence-electron chi connectivity index (χ2n) is 5.74. The van der Waals surface area contributed by atoms with Crippen LogP contribution in [0.4, 0.5) is 5.69 Å². The van der Waals surface area contributed by atoms with E-state index in [9.17, 15) is 9.59 Å². The van der Waals surface area contributed by atoms with E-state index in [1.807, 2.05) is 24.4 Å². The summed E-state index contributed by atoms with van der Waals surface area (Å²) in [4.78, 5) is 23.9. The van der Waals surface area contributed by atoms with Crippen LogP contribution in [0.1, 0.15) is 5.56 Å². The lowest BCUT2D eigenvalue weighted by Crippen LogP contribution is -2.31. The van der Waals surface area contributed by atoms with E-state index in [1.54, 1.807) is 41.2 Å². The Bertz CT molecular complexity index is 1000. The first-order valence-corrected chi connectivity index (χ1v) is 9.08. The summed E-state index contributed by atoms with van der Waals surface area (Å²) in [6.07, 6.45) is 6.35. The SMILES string of the molecule is O=C(/C=C/c1cccc(Cl)c1Cl)NCC(=O)Nc1ccc(-n2cccn2)cc1. The molecule has 8 heteroatoms. The minimum Gasteiger partial charge on any atom is -0.343 e.